The molecule has 7 nitrogen and oxygen atoms in total. The van der Waals surface area contributed by atoms with Gasteiger partial charge in [-0.3, -0.25) is 9.59 Å². The molecule has 8 heteroatoms. The summed E-state index contributed by atoms with van der Waals surface area (Å²) in [5.41, 5.74) is 2.37. The average molecular weight is 446 g/mol. The Morgan fingerprint density at radius 1 is 0.968 bits per heavy atom. The standard InChI is InChI=1S/C23H31N3O4S/c1-16(2)22(26-21(27)15-19-8-6-5-7-9-19)23(28)24-12-13-25-31(29,30)20-14-17(3)10-11-18(20)4/h5-11,14,16,22,25H,12-13,15H2,1-4H3,(H,24,28)(H,26,27). The lowest BCUT2D eigenvalue weighted by Crippen LogP contribution is -2.51. The Balaban J connectivity index is 1.87. The molecule has 1 atom stereocenters. The number of sulfonamides is 1. The fraction of sp³-hybridized carbons (Fsp3) is 0.391. The van der Waals surface area contributed by atoms with Crippen molar-refractivity contribution in [1.82, 2.24) is 15.4 Å². The number of benzene rings is 2. The third-order valence-corrected chi connectivity index (χ3v) is 6.43. The predicted octanol–water partition coefficient (Wildman–Crippen LogP) is 2.08. The Bertz CT molecular complexity index is 1000. The van der Waals surface area contributed by atoms with Crippen LogP contribution in [0.15, 0.2) is 53.4 Å². The highest BCUT2D eigenvalue weighted by molar-refractivity contribution is 7.89. The number of amides is 2. The zero-order valence-corrected chi connectivity index (χ0v) is 19.3. The summed E-state index contributed by atoms with van der Waals surface area (Å²) in [5, 5.41) is 5.47. The Labute approximate surface area is 184 Å². The van der Waals surface area contributed by atoms with Crippen molar-refractivity contribution >= 4 is 21.8 Å². The summed E-state index contributed by atoms with van der Waals surface area (Å²) in [4.78, 5) is 25.1. The van der Waals surface area contributed by atoms with Gasteiger partial charge in [0.1, 0.15) is 6.04 Å². The van der Waals surface area contributed by atoms with Gasteiger partial charge >= 0.3 is 0 Å². The zero-order valence-electron chi connectivity index (χ0n) is 18.4. The van der Waals surface area contributed by atoms with Crippen LogP contribution in [0.3, 0.4) is 0 Å². The molecule has 31 heavy (non-hydrogen) atoms. The van der Waals surface area contributed by atoms with Gasteiger partial charge in [0.25, 0.3) is 0 Å². The second-order valence-corrected chi connectivity index (χ2v) is 9.64. The topological polar surface area (TPSA) is 104 Å². The Kier molecular flexibility index (Phi) is 8.76. The van der Waals surface area contributed by atoms with Crippen molar-refractivity contribution in [3.8, 4) is 0 Å². The Morgan fingerprint density at radius 3 is 2.29 bits per heavy atom. The van der Waals surface area contributed by atoms with Crippen LogP contribution in [0.5, 0.6) is 0 Å². The van der Waals surface area contributed by atoms with E-state index in [9.17, 15) is 18.0 Å². The minimum atomic E-state index is -3.67. The summed E-state index contributed by atoms with van der Waals surface area (Å²) in [6.07, 6.45) is 0.187. The molecule has 0 radical (unpaired) electrons. The van der Waals surface area contributed by atoms with Gasteiger partial charge in [0.15, 0.2) is 0 Å². The van der Waals surface area contributed by atoms with Crippen molar-refractivity contribution in [3.63, 3.8) is 0 Å². The van der Waals surface area contributed by atoms with E-state index in [1.807, 2.05) is 57.2 Å². The van der Waals surface area contributed by atoms with Crippen LogP contribution in [0.4, 0.5) is 0 Å². The summed E-state index contributed by atoms with van der Waals surface area (Å²) < 4.78 is 27.6. The smallest absolute Gasteiger partial charge is 0.242 e. The predicted molar refractivity (Wildman–Crippen MR) is 121 cm³/mol. The van der Waals surface area contributed by atoms with E-state index in [0.29, 0.717) is 5.56 Å². The maximum absolute atomic E-state index is 12.6. The quantitative estimate of drug-likeness (QED) is 0.487. The van der Waals surface area contributed by atoms with E-state index < -0.39 is 16.1 Å². The van der Waals surface area contributed by atoms with Crippen molar-refractivity contribution < 1.29 is 18.0 Å². The lowest BCUT2D eigenvalue weighted by atomic mass is 10.0. The molecular formula is C23H31N3O4S. The summed E-state index contributed by atoms with van der Waals surface area (Å²) >= 11 is 0. The van der Waals surface area contributed by atoms with E-state index in [0.717, 1.165) is 11.1 Å². The third kappa shape index (κ3) is 7.48. The number of rotatable bonds is 10. The number of carbonyl (C=O) groups excluding carboxylic acids is 2. The molecule has 168 valence electrons. The molecule has 0 aliphatic heterocycles. The Morgan fingerprint density at radius 2 is 1.65 bits per heavy atom. The summed E-state index contributed by atoms with van der Waals surface area (Å²) in [7, 11) is -3.67. The van der Waals surface area contributed by atoms with Gasteiger partial charge < -0.3 is 10.6 Å². The number of nitrogens with one attached hydrogen (secondary N) is 3. The largest absolute Gasteiger partial charge is 0.353 e. The molecule has 0 aliphatic rings. The van der Waals surface area contributed by atoms with Gasteiger partial charge in [-0.25, -0.2) is 13.1 Å². The molecule has 2 rings (SSSR count). The van der Waals surface area contributed by atoms with E-state index in [1.54, 1.807) is 19.1 Å². The fourth-order valence-electron chi connectivity index (χ4n) is 3.10. The van der Waals surface area contributed by atoms with Crippen LogP contribution in [0.2, 0.25) is 0 Å². The highest BCUT2D eigenvalue weighted by atomic mass is 32.2. The molecule has 0 saturated carbocycles. The highest BCUT2D eigenvalue weighted by Crippen LogP contribution is 2.16. The minimum Gasteiger partial charge on any atom is -0.353 e. The first-order valence-corrected chi connectivity index (χ1v) is 11.8. The number of aryl methyl sites for hydroxylation is 2. The van der Waals surface area contributed by atoms with Crippen molar-refractivity contribution in [1.29, 1.82) is 0 Å². The maximum atomic E-state index is 12.6. The SMILES string of the molecule is Cc1ccc(C)c(S(=O)(=O)NCCNC(=O)C(NC(=O)Cc2ccccc2)C(C)C)c1. The van der Waals surface area contributed by atoms with E-state index in [4.69, 9.17) is 0 Å². The van der Waals surface area contributed by atoms with Crippen LogP contribution in [-0.2, 0) is 26.0 Å². The van der Waals surface area contributed by atoms with Gasteiger partial charge in [0.2, 0.25) is 21.8 Å². The van der Waals surface area contributed by atoms with E-state index in [1.165, 1.54) is 0 Å². The molecule has 0 spiro atoms. The molecule has 0 bridgehead atoms. The van der Waals surface area contributed by atoms with Crippen LogP contribution in [-0.4, -0.2) is 39.4 Å². The molecule has 0 fully saturated rings. The van der Waals surface area contributed by atoms with Gasteiger partial charge in [-0.15, -0.1) is 0 Å². The van der Waals surface area contributed by atoms with Crippen LogP contribution >= 0.6 is 0 Å². The van der Waals surface area contributed by atoms with Crippen LogP contribution in [0.25, 0.3) is 0 Å². The monoisotopic (exact) mass is 445 g/mol. The van der Waals surface area contributed by atoms with Gasteiger partial charge in [-0.2, -0.15) is 0 Å². The average Bonchev–Trinajstić information content (AvgIpc) is 2.71. The van der Waals surface area contributed by atoms with Crippen molar-refractivity contribution in [2.24, 2.45) is 5.92 Å². The Hall–Kier alpha value is -2.71. The second-order valence-electron chi connectivity index (χ2n) is 7.91. The number of carbonyl (C=O) groups is 2. The molecule has 2 aromatic rings. The first-order valence-electron chi connectivity index (χ1n) is 10.3. The fourth-order valence-corrected chi connectivity index (χ4v) is 4.46. The van der Waals surface area contributed by atoms with Gasteiger partial charge in [-0.1, -0.05) is 56.3 Å². The molecule has 0 aromatic heterocycles. The first kappa shape index (κ1) is 24.6. The summed E-state index contributed by atoms with van der Waals surface area (Å²) in [6, 6.07) is 13.8. The van der Waals surface area contributed by atoms with Gasteiger partial charge in [0.05, 0.1) is 11.3 Å². The molecular weight excluding hydrogens is 414 g/mol. The van der Waals surface area contributed by atoms with Crippen molar-refractivity contribution in [3.05, 3.63) is 65.2 Å². The molecule has 0 saturated heterocycles. The molecule has 0 aliphatic carbocycles. The van der Waals surface area contributed by atoms with Gasteiger partial charge in [-0.05, 0) is 42.5 Å². The summed E-state index contributed by atoms with van der Waals surface area (Å²) in [5.74, 6) is -0.704. The third-order valence-electron chi connectivity index (χ3n) is 4.82. The number of hydrogen-bond donors (Lipinski definition) is 3. The maximum Gasteiger partial charge on any atom is 0.242 e. The minimum absolute atomic E-state index is 0.0459. The van der Waals surface area contributed by atoms with Crippen molar-refractivity contribution in [2.75, 3.05) is 13.1 Å². The van der Waals surface area contributed by atoms with E-state index in [-0.39, 0.29) is 42.1 Å². The molecule has 1 unspecified atom stereocenters. The highest BCUT2D eigenvalue weighted by Gasteiger charge is 2.24. The van der Waals surface area contributed by atoms with Crippen LogP contribution < -0.4 is 15.4 Å². The number of hydrogen-bond acceptors (Lipinski definition) is 4. The van der Waals surface area contributed by atoms with Gasteiger partial charge in [0, 0.05) is 13.1 Å². The normalized spacial score (nSPS) is 12.4. The first-order chi connectivity index (χ1) is 14.6. The van der Waals surface area contributed by atoms with E-state index >= 15 is 0 Å². The van der Waals surface area contributed by atoms with E-state index in [2.05, 4.69) is 15.4 Å². The zero-order chi connectivity index (χ0) is 23.0. The second kappa shape index (κ2) is 11.1. The molecule has 2 amide bonds. The van der Waals surface area contributed by atoms with Crippen molar-refractivity contribution in [2.45, 2.75) is 45.1 Å². The lowest BCUT2D eigenvalue weighted by molar-refractivity contribution is -0.129. The lowest BCUT2D eigenvalue weighted by Gasteiger charge is -2.22. The summed E-state index contributed by atoms with van der Waals surface area (Å²) in [6.45, 7) is 7.41. The molecule has 0 heterocycles. The van der Waals surface area contributed by atoms with Crippen LogP contribution in [0, 0.1) is 19.8 Å². The molecule has 2 aromatic carbocycles. The molecule has 3 N–H and O–H groups in total. The van der Waals surface area contributed by atoms with Crippen LogP contribution in [0.1, 0.15) is 30.5 Å².